The second-order valence-electron chi connectivity index (χ2n) is 6.89. The molecular weight excluding hydrogens is 360 g/mol. The van der Waals surface area contributed by atoms with Crippen molar-refractivity contribution >= 4 is 28.3 Å². The van der Waals surface area contributed by atoms with Gasteiger partial charge in [0.2, 0.25) is 0 Å². The molecule has 29 heavy (non-hydrogen) atoms. The van der Waals surface area contributed by atoms with Crippen LogP contribution in [-0.4, -0.2) is 16.2 Å². The van der Waals surface area contributed by atoms with E-state index < -0.39 is 0 Å². The predicted molar refractivity (Wildman–Crippen MR) is 119 cm³/mol. The number of hydrogen-bond acceptors (Lipinski definition) is 3. The lowest BCUT2D eigenvalue weighted by Gasteiger charge is -2.10. The van der Waals surface area contributed by atoms with E-state index in [1.54, 1.807) is 0 Å². The van der Waals surface area contributed by atoms with Crippen molar-refractivity contribution in [1.29, 1.82) is 10.8 Å². The number of amidine groups is 2. The zero-order valence-corrected chi connectivity index (χ0v) is 15.8. The summed E-state index contributed by atoms with van der Waals surface area (Å²) in [4.78, 5) is 0. The minimum Gasteiger partial charge on any atom is -0.384 e. The van der Waals surface area contributed by atoms with Crippen LogP contribution in [0.2, 0.25) is 0 Å². The molecule has 0 radical (unpaired) electrons. The van der Waals surface area contributed by atoms with Gasteiger partial charge < -0.3 is 21.4 Å². The molecule has 0 atom stereocenters. The van der Waals surface area contributed by atoms with E-state index in [9.17, 15) is 0 Å². The van der Waals surface area contributed by atoms with Crippen molar-refractivity contribution in [3.05, 3.63) is 95.7 Å². The van der Waals surface area contributed by atoms with Crippen LogP contribution in [0.25, 0.3) is 16.6 Å². The molecule has 0 amide bonds. The quantitative estimate of drug-likeness (QED) is 0.258. The van der Waals surface area contributed by atoms with Gasteiger partial charge in [-0.05, 0) is 54.1 Å². The molecule has 1 heterocycles. The second-order valence-corrected chi connectivity index (χ2v) is 6.89. The minimum atomic E-state index is 0.0641. The third-order valence-corrected chi connectivity index (χ3v) is 4.88. The summed E-state index contributed by atoms with van der Waals surface area (Å²) in [6.45, 7) is 0.640. The van der Waals surface area contributed by atoms with Gasteiger partial charge in [-0.3, -0.25) is 10.8 Å². The number of benzene rings is 3. The molecule has 144 valence electrons. The highest BCUT2D eigenvalue weighted by Gasteiger charge is 2.06. The average molecular weight is 382 g/mol. The van der Waals surface area contributed by atoms with E-state index >= 15 is 0 Å². The fourth-order valence-corrected chi connectivity index (χ4v) is 3.32. The number of rotatable bonds is 6. The Labute approximate surface area is 168 Å². The van der Waals surface area contributed by atoms with Gasteiger partial charge in [-0.2, -0.15) is 0 Å². The third kappa shape index (κ3) is 3.82. The van der Waals surface area contributed by atoms with Crippen molar-refractivity contribution < 1.29 is 0 Å². The summed E-state index contributed by atoms with van der Waals surface area (Å²) < 4.78 is 2.11. The Morgan fingerprint density at radius 1 is 0.828 bits per heavy atom. The van der Waals surface area contributed by atoms with Crippen molar-refractivity contribution in [2.45, 2.75) is 6.54 Å². The van der Waals surface area contributed by atoms with Crippen LogP contribution in [0.15, 0.2) is 79.0 Å². The Balaban J connectivity index is 1.59. The van der Waals surface area contributed by atoms with Gasteiger partial charge in [-0.15, -0.1) is 0 Å². The SMILES string of the molecule is N=C(N)c1ccc(-n2ccc3ccc(NCc4cccc(C(=N)N)c4)cc32)cc1. The number of hydrogen-bond donors (Lipinski definition) is 5. The molecule has 0 aliphatic carbocycles. The molecule has 7 N–H and O–H groups in total. The van der Waals surface area contributed by atoms with Crippen LogP contribution < -0.4 is 16.8 Å². The number of nitrogen functional groups attached to an aromatic ring is 2. The Hall–Kier alpha value is -4.06. The molecule has 1 aromatic heterocycles. The van der Waals surface area contributed by atoms with E-state index in [1.807, 2.05) is 54.7 Å². The van der Waals surface area contributed by atoms with Crippen LogP contribution in [0.1, 0.15) is 16.7 Å². The van der Waals surface area contributed by atoms with Crippen LogP contribution in [-0.2, 0) is 6.54 Å². The molecule has 0 bridgehead atoms. The molecule has 0 unspecified atom stereocenters. The number of anilines is 1. The maximum Gasteiger partial charge on any atom is 0.122 e. The smallest absolute Gasteiger partial charge is 0.122 e. The van der Waals surface area contributed by atoms with Gasteiger partial charge in [-0.25, -0.2) is 0 Å². The molecule has 4 rings (SSSR count). The summed E-state index contributed by atoms with van der Waals surface area (Å²) in [5, 5.41) is 19.7. The Bertz CT molecular complexity index is 1200. The highest BCUT2D eigenvalue weighted by molar-refractivity contribution is 5.95. The number of nitrogens with zero attached hydrogens (tertiary/aromatic N) is 1. The van der Waals surface area contributed by atoms with Crippen molar-refractivity contribution in [3.63, 3.8) is 0 Å². The highest BCUT2D eigenvalue weighted by Crippen LogP contribution is 2.24. The van der Waals surface area contributed by atoms with Crippen molar-refractivity contribution in [1.82, 2.24) is 4.57 Å². The van der Waals surface area contributed by atoms with Gasteiger partial charge in [0.15, 0.2) is 0 Å². The third-order valence-electron chi connectivity index (χ3n) is 4.88. The lowest BCUT2D eigenvalue weighted by Crippen LogP contribution is -2.11. The minimum absolute atomic E-state index is 0.0641. The zero-order chi connectivity index (χ0) is 20.4. The molecule has 6 nitrogen and oxygen atoms in total. The first-order chi connectivity index (χ1) is 14.0. The van der Waals surface area contributed by atoms with Gasteiger partial charge in [0, 0.05) is 40.6 Å². The fraction of sp³-hybridized carbons (Fsp3) is 0.0435. The number of nitrogens with two attached hydrogens (primary N) is 2. The maximum absolute atomic E-state index is 7.58. The van der Waals surface area contributed by atoms with Gasteiger partial charge >= 0.3 is 0 Å². The second kappa shape index (κ2) is 7.52. The Morgan fingerprint density at radius 3 is 2.31 bits per heavy atom. The Kier molecular flexibility index (Phi) is 4.75. The lowest BCUT2D eigenvalue weighted by atomic mass is 10.1. The molecule has 0 saturated heterocycles. The maximum atomic E-state index is 7.58. The Morgan fingerprint density at radius 2 is 1.59 bits per heavy atom. The molecule has 0 aliphatic heterocycles. The van der Waals surface area contributed by atoms with E-state index in [4.69, 9.17) is 22.3 Å². The molecule has 6 heteroatoms. The summed E-state index contributed by atoms with van der Waals surface area (Å²) in [6, 6.07) is 23.6. The molecule has 3 aromatic carbocycles. The van der Waals surface area contributed by atoms with Crippen molar-refractivity contribution in [3.8, 4) is 5.69 Å². The number of nitrogens with one attached hydrogen (secondary N) is 3. The van der Waals surface area contributed by atoms with Crippen LogP contribution in [0, 0.1) is 10.8 Å². The summed E-state index contributed by atoms with van der Waals surface area (Å²) in [7, 11) is 0. The van der Waals surface area contributed by atoms with Gasteiger partial charge in [-0.1, -0.05) is 24.3 Å². The molecule has 0 saturated carbocycles. The molecule has 0 fully saturated rings. The molecule has 0 spiro atoms. The van der Waals surface area contributed by atoms with Crippen LogP contribution in [0.4, 0.5) is 5.69 Å². The van der Waals surface area contributed by atoms with E-state index in [0.717, 1.165) is 33.4 Å². The van der Waals surface area contributed by atoms with Crippen LogP contribution in [0.5, 0.6) is 0 Å². The summed E-state index contributed by atoms with van der Waals surface area (Å²) in [6.07, 6.45) is 2.04. The largest absolute Gasteiger partial charge is 0.384 e. The molecule has 0 aliphatic rings. The fourth-order valence-electron chi connectivity index (χ4n) is 3.32. The number of fused-ring (bicyclic) bond motifs is 1. The predicted octanol–water partition coefficient (Wildman–Crippen LogP) is 3.81. The molecule has 4 aromatic rings. The van der Waals surface area contributed by atoms with Crippen molar-refractivity contribution in [2.75, 3.05) is 5.32 Å². The van der Waals surface area contributed by atoms with E-state index in [-0.39, 0.29) is 11.7 Å². The normalized spacial score (nSPS) is 10.8. The summed E-state index contributed by atoms with van der Waals surface area (Å²) in [5.41, 5.74) is 16.7. The first-order valence-electron chi connectivity index (χ1n) is 9.24. The first kappa shape index (κ1) is 18.3. The van der Waals surface area contributed by atoms with Crippen molar-refractivity contribution in [2.24, 2.45) is 11.5 Å². The van der Waals surface area contributed by atoms with Gasteiger partial charge in [0.1, 0.15) is 11.7 Å². The topological polar surface area (TPSA) is 117 Å². The highest BCUT2D eigenvalue weighted by atomic mass is 15.0. The first-order valence-corrected chi connectivity index (χ1v) is 9.24. The van der Waals surface area contributed by atoms with Gasteiger partial charge in [0.25, 0.3) is 0 Å². The lowest BCUT2D eigenvalue weighted by molar-refractivity contribution is 1.12. The van der Waals surface area contributed by atoms with E-state index in [2.05, 4.69) is 34.1 Å². The summed E-state index contributed by atoms with van der Waals surface area (Å²) >= 11 is 0. The van der Waals surface area contributed by atoms with E-state index in [1.165, 1.54) is 0 Å². The summed E-state index contributed by atoms with van der Waals surface area (Å²) in [5.74, 6) is 0.135. The standard InChI is InChI=1S/C23H22N6/c24-22(25)17-5-8-20(9-6-17)29-11-10-16-4-7-19(13-21(16)29)28-14-15-2-1-3-18(12-15)23(26)27/h1-13,28H,14H2,(H3,24,25)(H3,26,27). The molecular formula is C23H22N6. The van der Waals surface area contributed by atoms with E-state index in [0.29, 0.717) is 12.1 Å². The average Bonchev–Trinajstić information content (AvgIpc) is 3.15. The number of aromatic nitrogens is 1. The zero-order valence-electron chi connectivity index (χ0n) is 15.8. The van der Waals surface area contributed by atoms with Gasteiger partial charge in [0.05, 0.1) is 5.52 Å². The van der Waals surface area contributed by atoms with Crippen LogP contribution in [0.3, 0.4) is 0 Å². The monoisotopic (exact) mass is 382 g/mol. The van der Waals surface area contributed by atoms with Crippen LogP contribution >= 0.6 is 0 Å².